The molecule has 0 spiro atoms. The highest BCUT2D eigenvalue weighted by atomic mass is 15.4. The minimum absolute atomic E-state index is 1.01. The molecule has 0 bridgehead atoms. The van der Waals surface area contributed by atoms with E-state index >= 15 is 0 Å². The molecule has 276 valence electrons. The van der Waals surface area contributed by atoms with Crippen LogP contribution < -0.4 is 4.48 Å². The molecule has 1 nitrogen and oxygen atoms in total. The van der Waals surface area contributed by atoms with Gasteiger partial charge >= 0.3 is 0 Å². The van der Waals surface area contributed by atoms with Crippen molar-refractivity contribution < 1.29 is 0 Å². The van der Waals surface area contributed by atoms with Crippen LogP contribution in [0.1, 0.15) is 194 Å². The number of quaternary nitrogens is 1. The minimum Gasteiger partial charge on any atom is -0.259 e. The van der Waals surface area contributed by atoms with E-state index in [2.05, 4.69) is 98.8 Å². The fourth-order valence-electron chi connectivity index (χ4n) is 7.46. The zero-order chi connectivity index (χ0) is 34.8. The number of rotatable bonds is 34. The Hall–Kier alpha value is -2.12. The molecule has 0 aliphatic rings. The van der Waals surface area contributed by atoms with E-state index in [9.17, 15) is 0 Å². The molecule has 0 N–H and O–H groups in total. The van der Waals surface area contributed by atoms with E-state index in [1.54, 1.807) is 0 Å². The van der Waals surface area contributed by atoms with Gasteiger partial charge in [-0.3, -0.25) is 4.48 Å². The molecule has 2 aromatic rings. The van der Waals surface area contributed by atoms with Crippen LogP contribution in [0.2, 0.25) is 0 Å². The summed E-state index contributed by atoms with van der Waals surface area (Å²) < 4.78 is 1.01. The van der Waals surface area contributed by atoms with Crippen LogP contribution in [0.15, 0.2) is 85.0 Å². The summed E-state index contributed by atoms with van der Waals surface area (Å²) in [6.07, 6.45) is 48.0. The number of benzene rings is 2. The Kier molecular flexibility index (Phi) is 28.0. The maximum absolute atomic E-state index is 2.45. The second kappa shape index (κ2) is 31.8. The van der Waals surface area contributed by atoms with Crippen LogP contribution in [-0.4, -0.2) is 13.1 Å². The van der Waals surface area contributed by atoms with Crippen LogP contribution in [0.3, 0.4) is 0 Å². The normalized spacial score (nSPS) is 12.1. The van der Waals surface area contributed by atoms with Gasteiger partial charge in [0.1, 0.15) is 11.4 Å². The fourth-order valence-corrected chi connectivity index (χ4v) is 7.46. The van der Waals surface area contributed by atoms with Gasteiger partial charge in [0.2, 0.25) is 0 Å². The standard InChI is InChI=1S/C48H80N/c1-3-5-7-9-11-13-15-17-19-21-23-25-27-29-31-39-45-49(47-41-35-33-36-42-47,48-43-37-34-38-44-48)46-40-32-30-28-26-24-22-20-18-16-14-12-10-8-6-4-2/h17-20,33-38,41-44H,3-16,21-32,39-40,45-46H2,1-2H3/q+1. The third-order valence-corrected chi connectivity index (χ3v) is 10.6. The Morgan fingerprint density at radius 2 is 0.592 bits per heavy atom. The largest absolute Gasteiger partial charge is 0.259 e. The fraction of sp³-hybridized carbons (Fsp3) is 0.667. The van der Waals surface area contributed by atoms with E-state index in [4.69, 9.17) is 0 Å². The van der Waals surface area contributed by atoms with Crippen molar-refractivity contribution in [3.8, 4) is 0 Å². The van der Waals surface area contributed by atoms with Crippen molar-refractivity contribution in [2.24, 2.45) is 0 Å². The van der Waals surface area contributed by atoms with Gasteiger partial charge in [-0.05, 0) is 101 Å². The highest BCUT2D eigenvalue weighted by Crippen LogP contribution is 2.36. The highest BCUT2D eigenvalue weighted by Gasteiger charge is 2.32. The Balaban J connectivity index is 1.69. The number of nitrogens with zero attached hydrogens (tertiary/aromatic N) is 1. The maximum atomic E-state index is 2.45. The second-order valence-corrected chi connectivity index (χ2v) is 15.0. The first-order valence-electron chi connectivity index (χ1n) is 21.6. The van der Waals surface area contributed by atoms with Gasteiger partial charge in [0.15, 0.2) is 0 Å². The van der Waals surface area contributed by atoms with Gasteiger partial charge in [-0.15, -0.1) is 0 Å². The van der Waals surface area contributed by atoms with Gasteiger partial charge < -0.3 is 0 Å². The van der Waals surface area contributed by atoms with Gasteiger partial charge in [0, 0.05) is 0 Å². The molecule has 1 heteroatoms. The molecule has 0 unspecified atom stereocenters. The number of hydrogen-bond donors (Lipinski definition) is 0. The molecule has 49 heavy (non-hydrogen) atoms. The quantitative estimate of drug-likeness (QED) is 0.0395. The van der Waals surface area contributed by atoms with Crippen molar-refractivity contribution in [1.29, 1.82) is 0 Å². The lowest BCUT2D eigenvalue weighted by Crippen LogP contribution is -2.46. The monoisotopic (exact) mass is 671 g/mol. The summed E-state index contributed by atoms with van der Waals surface area (Å²) in [5, 5.41) is 0. The van der Waals surface area contributed by atoms with Crippen molar-refractivity contribution in [2.45, 2.75) is 194 Å². The maximum Gasteiger partial charge on any atom is 0.137 e. The molecule has 2 aromatic carbocycles. The molecule has 0 aromatic heterocycles. The van der Waals surface area contributed by atoms with Crippen molar-refractivity contribution in [3.05, 3.63) is 85.0 Å². The van der Waals surface area contributed by atoms with Gasteiger partial charge in [-0.25, -0.2) is 0 Å². The number of unbranched alkanes of at least 4 members (excludes halogenated alkanes) is 24. The molecule has 0 fully saturated rings. The predicted octanol–water partition coefficient (Wildman–Crippen LogP) is 16.4. The zero-order valence-electron chi connectivity index (χ0n) is 32.7. The predicted molar refractivity (Wildman–Crippen MR) is 223 cm³/mol. The molecule has 0 aliphatic heterocycles. The van der Waals surface area contributed by atoms with E-state index in [0.29, 0.717) is 0 Å². The minimum atomic E-state index is 1.01. The van der Waals surface area contributed by atoms with Crippen molar-refractivity contribution >= 4 is 11.4 Å². The van der Waals surface area contributed by atoms with E-state index < -0.39 is 0 Å². The molecule has 0 amide bonds. The molecule has 0 heterocycles. The van der Waals surface area contributed by atoms with Crippen LogP contribution in [0, 0.1) is 0 Å². The lowest BCUT2D eigenvalue weighted by atomic mass is 10.0. The Morgan fingerprint density at radius 3 is 0.898 bits per heavy atom. The molecule has 2 rings (SSSR count). The topological polar surface area (TPSA) is 0 Å². The summed E-state index contributed by atoms with van der Waals surface area (Å²) in [7, 11) is 0. The smallest absolute Gasteiger partial charge is 0.137 e. The van der Waals surface area contributed by atoms with E-state index in [0.717, 1.165) is 4.48 Å². The van der Waals surface area contributed by atoms with E-state index in [-0.39, 0.29) is 0 Å². The summed E-state index contributed by atoms with van der Waals surface area (Å²) in [6, 6.07) is 22.9. The molecule has 0 saturated heterocycles. The number of hydrogen-bond acceptors (Lipinski definition) is 0. The van der Waals surface area contributed by atoms with E-state index in [1.165, 1.54) is 204 Å². The van der Waals surface area contributed by atoms with Gasteiger partial charge in [-0.2, -0.15) is 0 Å². The SMILES string of the molecule is CCCCCCCCC=CCCCCCCCC[N+](CCCCCCCCC=CCCCCCCCC)(c1ccccc1)c1ccccc1. The van der Waals surface area contributed by atoms with Gasteiger partial charge in [-0.1, -0.05) is 177 Å². The summed E-state index contributed by atoms with van der Waals surface area (Å²) in [5.74, 6) is 0. The lowest BCUT2D eigenvalue weighted by molar-refractivity contribution is 0.354. The van der Waals surface area contributed by atoms with E-state index in [1.807, 2.05) is 0 Å². The average Bonchev–Trinajstić information content (AvgIpc) is 3.14. The molecule has 0 aliphatic carbocycles. The first-order valence-corrected chi connectivity index (χ1v) is 21.6. The van der Waals surface area contributed by atoms with Gasteiger partial charge in [0.25, 0.3) is 0 Å². The van der Waals surface area contributed by atoms with Crippen LogP contribution in [0.4, 0.5) is 11.4 Å². The summed E-state index contributed by atoms with van der Waals surface area (Å²) >= 11 is 0. The third-order valence-electron chi connectivity index (χ3n) is 10.6. The van der Waals surface area contributed by atoms with Crippen molar-refractivity contribution in [1.82, 2.24) is 4.48 Å². The van der Waals surface area contributed by atoms with Crippen molar-refractivity contribution in [3.63, 3.8) is 0 Å². The first kappa shape index (κ1) is 43.0. The first-order chi connectivity index (χ1) is 24.3. The molecule has 0 radical (unpaired) electrons. The average molecular weight is 671 g/mol. The highest BCUT2D eigenvalue weighted by molar-refractivity contribution is 5.58. The Labute approximate surface area is 306 Å². The summed E-state index contributed by atoms with van der Waals surface area (Å²) in [4.78, 5) is 0. The van der Waals surface area contributed by atoms with Crippen molar-refractivity contribution in [2.75, 3.05) is 13.1 Å². The summed E-state index contributed by atoms with van der Waals surface area (Å²) in [5.41, 5.74) is 2.93. The molecule has 0 saturated carbocycles. The van der Waals surface area contributed by atoms with Crippen LogP contribution in [-0.2, 0) is 0 Å². The number of allylic oxidation sites excluding steroid dienone is 4. The Bertz CT molecular complexity index is 922. The third kappa shape index (κ3) is 21.6. The van der Waals surface area contributed by atoms with Crippen LogP contribution >= 0.6 is 0 Å². The number of para-hydroxylation sites is 2. The van der Waals surface area contributed by atoms with Crippen LogP contribution in [0.5, 0.6) is 0 Å². The summed E-state index contributed by atoms with van der Waals surface area (Å²) in [6.45, 7) is 7.01. The molecular weight excluding hydrogens is 591 g/mol. The lowest BCUT2D eigenvalue weighted by Gasteiger charge is -2.38. The van der Waals surface area contributed by atoms with Gasteiger partial charge in [0.05, 0.1) is 13.1 Å². The zero-order valence-corrected chi connectivity index (χ0v) is 32.7. The second-order valence-electron chi connectivity index (χ2n) is 15.0. The Morgan fingerprint density at radius 1 is 0.327 bits per heavy atom. The van der Waals surface area contributed by atoms with Crippen LogP contribution in [0.25, 0.3) is 0 Å². The molecule has 0 atom stereocenters. The molecular formula is C48H80N+.